The molecule has 1 aromatic carbocycles. The fraction of sp³-hybridized carbons (Fsp3) is 0.435. The van der Waals surface area contributed by atoms with E-state index < -0.39 is 59.1 Å². The highest BCUT2D eigenvalue weighted by molar-refractivity contribution is 5.68. The lowest BCUT2D eigenvalue weighted by atomic mass is 9.84. The van der Waals surface area contributed by atoms with E-state index in [1.54, 1.807) is 12.1 Å². The molecule has 1 N–H and O–H groups in total. The van der Waals surface area contributed by atoms with Gasteiger partial charge in [0.1, 0.15) is 12.7 Å². The molecule has 11 heteroatoms. The molecule has 0 radical (unpaired) electrons. The quantitative estimate of drug-likeness (QED) is 0.482. The minimum Gasteiger partial charge on any atom is -0.463 e. The molecular formula is C23H24N2O9. The van der Waals surface area contributed by atoms with Crippen LogP contribution in [0.2, 0.25) is 0 Å². The number of esters is 3. The number of hydrogen-bond donors (Lipinski definition) is 1. The lowest BCUT2D eigenvalue weighted by Crippen LogP contribution is -2.54. The van der Waals surface area contributed by atoms with Gasteiger partial charge in [-0.1, -0.05) is 30.3 Å². The smallest absolute Gasteiger partial charge is 0.331 e. The zero-order valence-corrected chi connectivity index (χ0v) is 18.8. The van der Waals surface area contributed by atoms with Gasteiger partial charge >= 0.3 is 23.6 Å². The summed E-state index contributed by atoms with van der Waals surface area (Å²) in [6, 6.07) is 10.3. The number of benzene rings is 1. The molecule has 0 aliphatic carbocycles. The first-order valence-electron chi connectivity index (χ1n) is 10.7. The Hall–Kier alpha value is -3.73. The van der Waals surface area contributed by atoms with Crippen LogP contribution in [0.5, 0.6) is 0 Å². The molecule has 11 nitrogen and oxygen atoms in total. The number of carbonyl (C=O) groups excluding carboxylic acids is 3. The van der Waals surface area contributed by atoms with Crippen LogP contribution in [-0.2, 0) is 45.5 Å². The normalized spacial score (nSPS) is 27.3. The standard InChI is InChI=1S/C23H24N2O9/c1-12(26)31-11-18-20(32-13(2)27)21(33-14(3)28)23(34-18)17(15-7-5-4-6-8-15)9-16-10-19(29)24-22(30)25(16)23/h4-8,10,17-18,20-21H,9,11H2,1-3H3,(H,24,29,30)/t17-,18+,20+,21-,23+/m0/s1. The van der Waals surface area contributed by atoms with E-state index in [1.165, 1.54) is 31.4 Å². The maximum absolute atomic E-state index is 13.1. The van der Waals surface area contributed by atoms with E-state index in [-0.39, 0.29) is 13.0 Å². The maximum Gasteiger partial charge on any atom is 0.331 e. The van der Waals surface area contributed by atoms with Crippen LogP contribution < -0.4 is 11.2 Å². The summed E-state index contributed by atoms with van der Waals surface area (Å²) in [4.78, 5) is 63.1. The number of nitrogens with one attached hydrogen (secondary N) is 1. The minimum atomic E-state index is -1.69. The van der Waals surface area contributed by atoms with E-state index in [1.807, 2.05) is 18.2 Å². The summed E-state index contributed by atoms with van der Waals surface area (Å²) in [7, 11) is 0. The molecule has 1 saturated heterocycles. The summed E-state index contributed by atoms with van der Waals surface area (Å²) in [5, 5.41) is 0. The molecule has 0 unspecified atom stereocenters. The van der Waals surface area contributed by atoms with Crippen molar-refractivity contribution in [1.82, 2.24) is 9.55 Å². The maximum atomic E-state index is 13.1. The number of fused-ring (bicyclic) bond motifs is 2. The largest absolute Gasteiger partial charge is 0.463 e. The topological polar surface area (TPSA) is 143 Å². The van der Waals surface area contributed by atoms with Crippen molar-refractivity contribution >= 4 is 17.9 Å². The third kappa shape index (κ3) is 4.03. The molecular weight excluding hydrogens is 448 g/mol. The Bertz CT molecular complexity index is 1230. The Kier molecular flexibility index (Phi) is 6.13. The number of rotatable bonds is 5. The third-order valence-corrected chi connectivity index (χ3v) is 5.94. The van der Waals surface area contributed by atoms with Crippen molar-refractivity contribution in [3.05, 3.63) is 68.5 Å². The molecule has 180 valence electrons. The zero-order chi connectivity index (χ0) is 24.6. The summed E-state index contributed by atoms with van der Waals surface area (Å²) in [5.74, 6) is -2.58. The summed E-state index contributed by atoms with van der Waals surface area (Å²) < 4.78 is 23.9. The number of H-pyrrole nitrogens is 1. The van der Waals surface area contributed by atoms with Crippen molar-refractivity contribution in [2.24, 2.45) is 0 Å². The van der Waals surface area contributed by atoms with Gasteiger partial charge in [0.25, 0.3) is 5.56 Å². The van der Waals surface area contributed by atoms with Crippen LogP contribution in [0.15, 0.2) is 46.0 Å². The Morgan fingerprint density at radius 3 is 2.35 bits per heavy atom. The number of carbonyl (C=O) groups is 3. The summed E-state index contributed by atoms with van der Waals surface area (Å²) in [6.07, 6.45) is -3.34. The predicted octanol–water partition coefficient (Wildman–Crippen LogP) is 0.355. The van der Waals surface area contributed by atoms with Crippen LogP contribution in [0.4, 0.5) is 0 Å². The Morgan fingerprint density at radius 2 is 1.74 bits per heavy atom. The Morgan fingerprint density at radius 1 is 1.06 bits per heavy atom. The average molecular weight is 472 g/mol. The molecule has 2 aromatic rings. The molecule has 0 bridgehead atoms. The molecule has 0 amide bonds. The van der Waals surface area contributed by atoms with Gasteiger partial charge in [-0.2, -0.15) is 0 Å². The van der Waals surface area contributed by atoms with Gasteiger partial charge in [-0.15, -0.1) is 0 Å². The fourth-order valence-electron chi connectivity index (χ4n) is 4.89. The monoisotopic (exact) mass is 472 g/mol. The van der Waals surface area contributed by atoms with E-state index in [4.69, 9.17) is 18.9 Å². The highest BCUT2D eigenvalue weighted by atomic mass is 16.7. The van der Waals surface area contributed by atoms with Gasteiger partial charge in [0.15, 0.2) is 17.9 Å². The van der Waals surface area contributed by atoms with Gasteiger partial charge in [-0.05, 0) is 12.0 Å². The molecule has 1 aromatic heterocycles. The minimum absolute atomic E-state index is 0.202. The van der Waals surface area contributed by atoms with Crippen molar-refractivity contribution in [3.63, 3.8) is 0 Å². The van der Waals surface area contributed by atoms with Crippen molar-refractivity contribution in [3.8, 4) is 0 Å². The number of ether oxygens (including phenoxy) is 4. The molecule has 2 aliphatic rings. The summed E-state index contributed by atoms with van der Waals surface area (Å²) in [6.45, 7) is 3.25. The first kappa shape index (κ1) is 23.4. The molecule has 34 heavy (non-hydrogen) atoms. The summed E-state index contributed by atoms with van der Waals surface area (Å²) >= 11 is 0. The van der Waals surface area contributed by atoms with Crippen LogP contribution >= 0.6 is 0 Å². The van der Waals surface area contributed by atoms with E-state index in [2.05, 4.69) is 4.98 Å². The number of nitrogens with zero attached hydrogens (tertiary/aromatic N) is 1. The number of aromatic nitrogens is 2. The van der Waals surface area contributed by atoms with Crippen molar-refractivity contribution < 1.29 is 33.3 Å². The number of aromatic amines is 1. The molecule has 1 fully saturated rings. The third-order valence-electron chi connectivity index (χ3n) is 5.94. The highest BCUT2D eigenvalue weighted by Crippen LogP contribution is 2.52. The molecule has 0 saturated carbocycles. The van der Waals surface area contributed by atoms with E-state index in [0.717, 1.165) is 5.56 Å². The van der Waals surface area contributed by atoms with Crippen molar-refractivity contribution in [1.29, 1.82) is 0 Å². The van der Waals surface area contributed by atoms with Crippen molar-refractivity contribution in [2.45, 2.75) is 57.1 Å². The van der Waals surface area contributed by atoms with E-state index >= 15 is 0 Å². The van der Waals surface area contributed by atoms with Gasteiger partial charge in [-0.3, -0.25) is 28.7 Å². The van der Waals surface area contributed by atoms with Crippen LogP contribution in [0, 0.1) is 0 Å². The fourth-order valence-corrected chi connectivity index (χ4v) is 4.89. The zero-order valence-electron chi connectivity index (χ0n) is 18.8. The van der Waals surface area contributed by atoms with Gasteiger partial charge in [-0.25, -0.2) is 4.79 Å². The summed E-state index contributed by atoms with van der Waals surface area (Å²) in [5.41, 5.74) is -1.95. The second kappa shape index (κ2) is 8.90. The van der Waals surface area contributed by atoms with Crippen LogP contribution in [0.1, 0.15) is 37.9 Å². The lowest BCUT2D eigenvalue weighted by Gasteiger charge is -2.37. The van der Waals surface area contributed by atoms with Gasteiger partial charge in [0, 0.05) is 38.4 Å². The van der Waals surface area contributed by atoms with Crippen LogP contribution in [0.25, 0.3) is 0 Å². The molecule has 2 aliphatic heterocycles. The van der Waals surface area contributed by atoms with Gasteiger partial charge < -0.3 is 18.9 Å². The van der Waals surface area contributed by atoms with Gasteiger partial charge in [0.05, 0.1) is 0 Å². The SMILES string of the molecule is CC(=O)OC[C@H]1O[C@]2([C@H](c3ccccc3)Cc3cc(=O)[nH]c(=O)n32)[C@@H](OC(C)=O)[C@@H]1OC(C)=O. The Labute approximate surface area is 193 Å². The van der Waals surface area contributed by atoms with Crippen LogP contribution in [-0.4, -0.2) is 52.4 Å². The average Bonchev–Trinajstić information content (AvgIpc) is 3.22. The second-order valence-electron chi connectivity index (χ2n) is 8.25. The van der Waals surface area contributed by atoms with Crippen molar-refractivity contribution in [2.75, 3.05) is 6.61 Å². The highest BCUT2D eigenvalue weighted by Gasteiger charge is 2.67. The molecule has 5 atom stereocenters. The molecule has 1 spiro atoms. The van der Waals surface area contributed by atoms with E-state index in [9.17, 15) is 24.0 Å². The van der Waals surface area contributed by atoms with Crippen LogP contribution in [0.3, 0.4) is 0 Å². The van der Waals surface area contributed by atoms with E-state index in [0.29, 0.717) is 5.69 Å². The lowest BCUT2D eigenvalue weighted by molar-refractivity contribution is -0.185. The predicted molar refractivity (Wildman–Crippen MR) is 115 cm³/mol. The first-order chi connectivity index (χ1) is 16.1. The van der Waals surface area contributed by atoms with Gasteiger partial charge in [0.2, 0.25) is 0 Å². The first-order valence-corrected chi connectivity index (χ1v) is 10.7. The second-order valence-corrected chi connectivity index (χ2v) is 8.25. The Balaban J connectivity index is 1.97. The molecule has 4 rings (SSSR count). The molecule has 3 heterocycles. The number of hydrogen-bond acceptors (Lipinski definition) is 9.